The second-order valence-corrected chi connectivity index (χ2v) is 12.3. The van der Waals surface area contributed by atoms with Crippen molar-refractivity contribution in [2.24, 2.45) is 0 Å². The summed E-state index contributed by atoms with van der Waals surface area (Å²) < 4.78 is 33.7. The number of ether oxygens (including phenoxy) is 1. The first-order chi connectivity index (χ1) is 20.0. The van der Waals surface area contributed by atoms with Gasteiger partial charge in [-0.1, -0.05) is 43.9 Å². The lowest BCUT2D eigenvalue weighted by molar-refractivity contribution is 0.0369. The number of aromatic nitrogens is 1. The molecule has 1 aliphatic heterocycles. The first kappa shape index (κ1) is 30.8. The molecule has 1 fully saturated rings. The summed E-state index contributed by atoms with van der Waals surface area (Å²) in [6, 6.07) is 12.2. The van der Waals surface area contributed by atoms with Crippen molar-refractivity contribution in [3.63, 3.8) is 0 Å². The molecule has 41 heavy (non-hydrogen) atoms. The van der Waals surface area contributed by atoms with Gasteiger partial charge in [-0.2, -0.15) is 4.31 Å². The molecule has 4 rings (SSSR count). The van der Waals surface area contributed by atoms with Crippen molar-refractivity contribution in [1.82, 2.24) is 14.2 Å². The molecule has 0 bridgehead atoms. The maximum atomic E-state index is 13.3. The van der Waals surface area contributed by atoms with Gasteiger partial charge in [-0.3, -0.25) is 19.5 Å². The average molecular weight is 584 g/mol. The van der Waals surface area contributed by atoms with Gasteiger partial charge in [0.25, 0.3) is 10.9 Å². The molecule has 0 atom stereocenters. The highest BCUT2D eigenvalue weighted by Crippen LogP contribution is 2.21. The number of hydrogen-bond donors (Lipinski definition) is 2. The van der Waals surface area contributed by atoms with Crippen molar-refractivity contribution in [3.8, 4) is 0 Å². The molecule has 222 valence electrons. The summed E-state index contributed by atoms with van der Waals surface area (Å²) in [5, 5.41) is 6.11. The summed E-state index contributed by atoms with van der Waals surface area (Å²) >= 11 is 0. The van der Waals surface area contributed by atoms with Crippen LogP contribution in [0.4, 0.5) is 17.1 Å². The van der Waals surface area contributed by atoms with E-state index in [0.29, 0.717) is 41.6 Å². The maximum absolute atomic E-state index is 13.3. The van der Waals surface area contributed by atoms with Crippen molar-refractivity contribution >= 4 is 27.1 Å². The van der Waals surface area contributed by atoms with E-state index in [1.807, 2.05) is 6.07 Å². The second-order valence-electron chi connectivity index (χ2n) is 10.3. The van der Waals surface area contributed by atoms with E-state index in [4.69, 9.17) is 4.74 Å². The molecule has 2 N–H and O–H groups in total. The van der Waals surface area contributed by atoms with E-state index in [2.05, 4.69) is 20.5 Å². The van der Waals surface area contributed by atoms with E-state index in [9.17, 15) is 18.0 Å². The predicted molar refractivity (Wildman–Crippen MR) is 162 cm³/mol. The monoisotopic (exact) mass is 583 g/mol. The molecule has 10 nitrogen and oxygen atoms in total. The van der Waals surface area contributed by atoms with E-state index >= 15 is 0 Å². The highest BCUT2D eigenvalue weighted by Gasteiger charge is 2.24. The van der Waals surface area contributed by atoms with Gasteiger partial charge in [0.15, 0.2) is 0 Å². The number of rotatable bonds is 18. The Kier molecular flexibility index (Phi) is 11.9. The Balaban J connectivity index is 1.15. The first-order valence-electron chi connectivity index (χ1n) is 14.6. The van der Waals surface area contributed by atoms with Crippen LogP contribution in [0.5, 0.6) is 0 Å². The number of pyridine rings is 1. The number of unbranched alkanes of at least 4 members (excludes halogenated alkanes) is 5. The number of sulfonamides is 1. The molecule has 1 aliphatic rings. The third kappa shape index (κ3) is 8.93. The van der Waals surface area contributed by atoms with E-state index < -0.39 is 20.9 Å². The van der Waals surface area contributed by atoms with E-state index in [1.54, 1.807) is 53.1 Å². The SMILES string of the molecule is O=c1c(NCCCCCCCCN(CCCN2CCOCC2)S(=O)(=O)c2ccccc2)c(Nc2ccncc2)c1=O. The molecule has 11 heteroatoms. The van der Waals surface area contributed by atoms with Crippen LogP contribution in [0.2, 0.25) is 0 Å². The molecule has 2 aromatic carbocycles. The van der Waals surface area contributed by atoms with Crippen molar-refractivity contribution in [2.45, 2.75) is 49.8 Å². The third-order valence-electron chi connectivity index (χ3n) is 7.36. The number of nitrogens with one attached hydrogen (secondary N) is 2. The lowest BCUT2D eigenvalue weighted by Gasteiger charge is -2.28. The quantitative estimate of drug-likeness (QED) is 0.171. The van der Waals surface area contributed by atoms with Gasteiger partial charge in [0.1, 0.15) is 11.4 Å². The summed E-state index contributed by atoms with van der Waals surface area (Å²) in [6.45, 7) is 5.78. The van der Waals surface area contributed by atoms with Crippen LogP contribution in [0.25, 0.3) is 0 Å². The maximum Gasteiger partial charge on any atom is 0.253 e. The Morgan fingerprint density at radius 3 is 2.17 bits per heavy atom. The fourth-order valence-electron chi connectivity index (χ4n) is 4.98. The molecule has 0 saturated carbocycles. The van der Waals surface area contributed by atoms with Crippen LogP contribution in [-0.2, 0) is 14.8 Å². The largest absolute Gasteiger partial charge is 0.380 e. The van der Waals surface area contributed by atoms with Gasteiger partial charge in [0.2, 0.25) is 10.0 Å². The number of morpholine rings is 1. The summed E-state index contributed by atoms with van der Waals surface area (Å²) in [5.41, 5.74) is 0.374. The molecule has 1 aromatic heterocycles. The van der Waals surface area contributed by atoms with Gasteiger partial charge in [-0.15, -0.1) is 0 Å². The molecular formula is C30H41N5O5S. The zero-order valence-corrected chi connectivity index (χ0v) is 24.4. The van der Waals surface area contributed by atoms with Crippen molar-refractivity contribution in [3.05, 3.63) is 75.3 Å². The number of nitrogens with zero attached hydrogens (tertiary/aromatic N) is 3. The van der Waals surface area contributed by atoms with Crippen LogP contribution in [0.3, 0.4) is 0 Å². The van der Waals surface area contributed by atoms with E-state index in [0.717, 1.165) is 77.8 Å². The van der Waals surface area contributed by atoms with Gasteiger partial charge < -0.3 is 15.4 Å². The Bertz CT molecular complexity index is 1370. The lowest BCUT2D eigenvalue weighted by Crippen LogP contribution is -2.39. The van der Waals surface area contributed by atoms with Gasteiger partial charge in [-0.05, 0) is 50.1 Å². The van der Waals surface area contributed by atoms with Crippen LogP contribution >= 0.6 is 0 Å². The molecule has 0 radical (unpaired) electrons. The van der Waals surface area contributed by atoms with Crippen LogP contribution < -0.4 is 21.5 Å². The minimum Gasteiger partial charge on any atom is -0.380 e. The van der Waals surface area contributed by atoms with Crippen molar-refractivity contribution in [2.75, 3.05) is 63.1 Å². The number of benzene rings is 1. The first-order valence-corrected chi connectivity index (χ1v) is 16.0. The molecule has 3 aromatic rings. The highest BCUT2D eigenvalue weighted by atomic mass is 32.2. The van der Waals surface area contributed by atoms with Crippen molar-refractivity contribution in [1.29, 1.82) is 0 Å². The lowest BCUT2D eigenvalue weighted by atomic mass is 10.1. The van der Waals surface area contributed by atoms with Crippen LogP contribution in [0.15, 0.2) is 69.3 Å². The Labute approximate surface area is 242 Å². The smallest absolute Gasteiger partial charge is 0.253 e. The Morgan fingerprint density at radius 2 is 1.44 bits per heavy atom. The molecule has 0 aliphatic carbocycles. The Morgan fingerprint density at radius 1 is 0.805 bits per heavy atom. The zero-order valence-electron chi connectivity index (χ0n) is 23.6. The van der Waals surface area contributed by atoms with E-state index in [1.165, 1.54) is 0 Å². The topological polar surface area (TPSA) is 121 Å². The van der Waals surface area contributed by atoms with Gasteiger partial charge >= 0.3 is 0 Å². The molecule has 1 saturated heterocycles. The average Bonchev–Trinajstić information content (AvgIpc) is 3.01. The second kappa shape index (κ2) is 15.8. The molecular weight excluding hydrogens is 542 g/mol. The summed E-state index contributed by atoms with van der Waals surface area (Å²) in [7, 11) is -3.53. The van der Waals surface area contributed by atoms with Crippen molar-refractivity contribution < 1.29 is 13.2 Å². The number of hydrogen-bond acceptors (Lipinski definition) is 9. The molecule has 0 spiro atoms. The number of anilines is 3. The van der Waals surface area contributed by atoms with Crippen LogP contribution in [0.1, 0.15) is 44.9 Å². The summed E-state index contributed by atoms with van der Waals surface area (Å²) in [6.07, 6.45) is 9.71. The van der Waals surface area contributed by atoms with Gasteiger partial charge in [0.05, 0.1) is 18.1 Å². The predicted octanol–water partition coefficient (Wildman–Crippen LogP) is 3.59. The minimum absolute atomic E-state index is 0.307. The summed E-state index contributed by atoms with van der Waals surface area (Å²) in [4.78, 5) is 30.6. The normalized spacial score (nSPS) is 14.5. The summed E-state index contributed by atoms with van der Waals surface area (Å²) in [5.74, 6) is 0. The zero-order chi connectivity index (χ0) is 28.9. The highest BCUT2D eigenvalue weighted by molar-refractivity contribution is 7.89. The van der Waals surface area contributed by atoms with Gasteiger partial charge in [-0.25, -0.2) is 8.42 Å². The molecule has 0 amide bonds. The Hall–Kier alpha value is -3.12. The standard InChI is InChI=1S/C30H41N5O5S/c36-29-27(28(30(29)37)33-25-13-16-31-17-14-25)32-15-8-3-1-2-4-9-19-35(20-10-18-34-21-23-40-24-22-34)41(38,39)26-11-6-5-7-12-26/h5-7,11-14,16-17,32H,1-4,8-10,15,18-24H2,(H,31,33). The fourth-order valence-corrected chi connectivity index (χ4v) is 6.52. The molecule has 0 unspecified atom stereocenters. The van der Waals surface area contributed by atoms with Gasteiger partial charge in [0, 0.05) is 50.8 Å². The third-order valence-corrected chi connectivity index (χ3v) is 9.28. The molecule has 2 heterocycles. The van der Waals surface area contributed by atoms with E-state index in [-0.39, 0.29) is 0 Å². The van der Waals surface area contributed by atoms with Crippen LogP contribution in [-0.4, -0.2) is 75.1 Å². The minimum atomic E-state index is -3.53. The fraction of sp³-hybridized carbons (Fsp3) is 0.500. The van der Waals surface area contributed by atoms with Crippen LogP contribution in [0, 0.1) is 0 Å².